The van der Waals surface area contributed by atoms with Crippen LogP contribution in [0.2, 0.25) is 0 Å². The second-order valence-electron chi connectivity index (χ2n) is 9.25. The summed E-state index contributed by atoms with van der Waals surface area (Å²) < 4.78 is 17.0. The van der Waals surface area contributed by atoms with Gasteiger partial charge in [-0.3, -0.25) is 9.59 Å². The SMILES string of the molecule is CN(C)c1ccc(/C=N\NC(=O)c2cn(C3CC3)c3cc(N4CCNCC4)c(F)cc3c2=O)cc1.Cl. The Morgan fingerprint density at radius 3 is 2.50 bits per heavy atom. The van der Waals surface area contributed by atoms with Crippen molar-refractivity contribution in [3.8, 4) is 0 Å². The summed E-state index contributed by atoms with van der Waals surface area (Å²) in [4.78, 5) is 30.1. The number of amides is 1. The summed E-state index contributed by atoms with van der Waals surface area (Å²) in [6.07, 6.45) is 5.04. The maximum Gasteiger partial charge on any atom is 0.276 e. The van der Waals surface area contributed by atoms with Crippen molar-refractivity contribution in [3.05, 3.63) is 69.8 Å². The zero-order chi connectivity index (χ0) is 24.5. The van der Waals surface area contributed by atoms with E-state index in [0.717, 1.165) is 37.2 Å². The number of pyridine rings is 1. The van der Waals surface area contributed by atoms with Crippen LogP contribution in [0, 0.1) is 5.82 Å². The number of aromatic nitrogens is 1. The van der Waals surface area contributed by atoms with Gasteiger partial charge in [-0.25, -0.2) is 9.82 Å². The van der Waals surface area contributed by atoms with E-state index in [4.69, 9.17) is 0 Å². The number of hydrogen-bond acceptors (Lipinski definition) is 6. The van der Waals surface area contributed by atoms with Crippen molar-refractivity contribution in [1.29, 1.82) is 0 Å². The molecule has 0 spiro atoms. The molecular formula is C26H30ClFN6O2. The summed E-state index contributed by atoms with van der Waals surface area (Å²) in [5, 5.41) is 7.50. The number of piperazine rings is 1. The predicted molar refractivity (Wildman–Crippen MR) is 145 cm³/mol. The van der Waals surface area contributed by atoms with Crippen LogP contribution in [-0.4, -0.2) is 57.0 Å². The quantitative estimate of drug-likeness (QED) is 0.392. The number of carbonyl (C=O) groups is 1. The van der Waals surface area contributed by atoms with E-state index in [-0.39, 0.29) is 29.4 Å². The minimum absolute atomic E-state index is 0. The van der Waals surface area contributed by atoms with E-state index >= 15 is 4.39 Å². The number of rotatable bonds is 6. The standard InChI is InChI=1S/C26H29FN6O2.ClH/c1-31(2)18-5-3-17(4-6-18)15-29-30-26(35)21-16-33(19-7-8-19)23-14-24(32-11-9-28-10-12-32)22(27)13-20(23)25(21)34;/h3-6,13-16,19,28H,7-12H2,1-2H3,(H,30,35);1H/b29-15-;. The third kappa shape index (κ3) is 5.22. The molecule has 10 heteroatoms. The number of benzene rings is 2. The molecule has 3 aromatic rings. The molecule has 1 saturated carbocycles. The third-order valence-electron chi connectivity index (χ3n) is 6.53. The first-order valence-electron chi connectivity index (χ1n) is 11.9. The maximum absolute atomic E-state index is 15.1. The summed E-state index contributed by atoms with van der Waals surface area (Å²) in [5.41, 5.74) is 4.93. The molecule has 5 rings (SSSR count). The molecular weight excluding hydrogens is 483 g/mol. The van der Waals surface area contributed by atoms with Crippen LogP contribution >= 0.6 is 12.4 Å². The van der Waals surface area contributed by atoms with Gasteiger partial charge in [0.25, 0.3) is 5.91 Å². The molecule has 1 saturated heterocycles. The van der Waals surface area contributed by atoms with E-state index < -0.39 is 17.2 Å². The Balaban J connectivity index is 0.00000304. The van der Waals surface area contributed by atoms with Gasteiger partial charge in [0, 0.05) is 63.6 Å². The monoisotopic (exact) mass is 512 g/mol. The normalized spacial score (nSPS) is 15.7. The van der Waals surface area contributed by atoms with Gasteiger partial charge in [0.1, 0.15) is 11.4 Å². The van der Waals surface area contributed by atoms with E-state index in [0.29, 0.717) is 24.3 Å². The van der Waals surface area contributed by atoms with Crippen molar-refractivity contribution in [3.63, 3.8) is 0 Å². The molecule has 2 aliphatic rings. The number of carbonyl (C=O) groups excluding carboxylic acids is 1. The molecule has 1 aliphatic carbocycles. The number of nitrogens with zero attached hydrogens (tertiary/aromatic N) is 4. The molecule has 1 amide bonds. The molecule has 0 bridgehead atoms. The number of halogens is 2. The van der Waals surface area contributed by atoms with Gasteiger partial charge in [-0.1, -0.05) is 12.1 Å². The first kappa shape index (κ1) is 25.7. The summed E-state index contributed by atoms with van der Waals surface area (Å²) in [7, 11) is 3.91. The second-order valence-corrected chi connectivity index (χ2v) is 9.25. The highest BCUT2D eigenvalue weighted by atomic mass is 35.5. The lowest BCUT2D eigenvalue weighted by Gasteiger charge is -2.30. The number of anilines is 2. The number of hydrazone groups is 1. The number of fused-ring (bicyclic) bond motifs is 1. The lowest BCUT2D eigenvalue weighted by molar-refractivity contribution is 0.0953. The van der Waals surface area contributed by atoms with Gasteiger partial charge >= 0.3 is 0 Å². The summed E-state index contributed by atoms with van der Waals surface area (Å²) in [6.45, 7) is 2.97. The zero-order valence-corrected chi connectivity index (χ0v) is 21.1. The van der Waals surface area contributed by atoms with Crippen LogP contribution in [0.3, 0.4) is 0 Å². The Hall–Kier alpha value is -3.43. The average molecular weight is 513 g/mol. The van der Waals surface area contributed by atoms with Crippen LogP contribution in [0.4, 0.5) is 15.8 Å². The van der Waals surface area contributed by atoms with E-state index in [2.05, 4.69) is 15.8 Å². The van der Waals surface area contributed by atoms with E-state index in [1.54, 1.807) is 12.3 Å². The van der Waals surface area contributed by atoms with Crippen LogP contribution < -0.4 is 26.0 Å². The van der Waals surface area contributed by atoms with Gasteiger partial charge in [-0.15, -0.1) is 12.4 Å². The number of nitrogens with one attached hydrogen (secondary N) is 2. The Bertz CT molecular complexity index is 1350. The topological polar surface area (TPSA) is 82.0 Å². The van der Waals surface area contributed by atoms with Gasteiger partial charge in [-0.2, -0.15) is 5.10 Å². The molecule has 2 N–H and O–H groups in total. The summed E-state index contributed by atoms with van der Waals surface area (Å²) in [5.74, 6) is -1.06. The fourth-order valence-electron chi connectivity index (χ4n) is 4.41. The predicted octanol–water partition coefficient (Wildman–Crippen LogP) is 3.14. The van der Waals surface area contributed by atoms with Crippen molar-refractivity contribution >= 4 is 46.8 Å². The highest BCUT2D eigenvalue weighted by Gasteiger charge is 2.28. The molecule has 2 heterocycles. The fourth-order valence-corrected chi connectivity index (χ4v) is 4.41. The molecule has 0 atom stereocenters. The highest BCUT2D eigenvalue weighted by Crippen LogP contribution is 2.38. The van der Waals surface area contributed by atoms with Crippen molar-refractivity contribution in [2.45, 2.75) is 18.9 Å². The van der Waals surface area contributed by atoms with Crippen LogP contribution in [-0.2, 0) is 0 Å². The van der Waals surface area contributed by atoms with Gasteiger partial charge in [0.15, 0.2) is 0 Å². The molecule has 1 aliphatic heterocycles. The highest BCUT2D eigenvalue weighted by molar-refractivity contribution is 5.98. The molecule has 0 unspecified atom stereocenters. The van der Waals surface area contributed by atoms with E-state index in [9.17, 15) is 9.59 Å². The van der Waals surface area contributed by atoms with Crippen molar-refractivity contribution in [2.75, 3.05) is 50.1 Å². The van der Waals surface area contributed by atoms with Gasteiger partial charge in [-0.05, 0) is 42.7 Å². The Morgan fingerprint density at radius 2 is 1.86 bits per heavy atom. The molecule has 190 valence electrons. The van der Waals surface area contributed by atoms with Crippen LogP contribution in [0.25, 0.3) is 10.9 Å². The summed E-state index contributed by atoms with van der Waals surface area (Å²) in [6, 6.07) is 10.9. The Morgan fingerprint density at radius 1 is 1.17 bits per heavy atom. The third-order valence-corrected chi connectivity index (χ3v) is 6.53. The van der Waals surface area contributed by atoms with Crippen LogP contribution in [0.15, 0.2) is 52.5 Å². The van der Waals surface area contributed by atoms with Crippen LogP contribution in [0.5, 0.6) is 0 Å². The molecule has 8 nitrogen and oxygen atoms in total. The zero-order valence-electron chi connectivity index (χ0n) is 20.3. The van der Waals surface area contributed by atoms with Crippen molar-refractivity contribution in [2.24, 2.45) is 5.10 Å². The van der Waals surface area contributed by atoms with Gasteiger partial charge in [0.2, 0.25) is 5.43 Å². The van der Waals surface area contributed by atoms with Gasteiger partial charge < -0.3 is 19.7 Å². The average Bonchev–Trinajstić information content (AvgIpc) is 3.70. The Labute approximate surface area is 215 Å². The Kier molecular flexibility index (Phi) is 7.61. The minimum Gasteiger partial charge on any atom is -0.378 e. The van der Waals surface area contributed by atoms with Crippen LogP contribution in [0.1, 0.15) is 34.8 Å². The fraction of sp³-hybridized carbons (Fsp3) is 0.346. The van der Waals surface area contributed by atoms with E-state index in [1.165, 1.54) is 12.3 Å². The summed E-state index contributed by atoms with van der Waals surface area (Å²) >= 11 is 0. The van der Waals surface area contributed by atoms with Crippen molar-refractivity contribution < 1.29 is 9.18 Å². The molecule has 0 radical (unpaired) electrons. The first-order valence-corrected chi connectivity index (χ1v) is 11.9. The number of hydrogen-bond donors (Lipinski definition) is 2. The molecule has 36 heavy (non-hydrogen) atoms. The molecule has 2 aromatic carbocycles. The second kappa shape index (κ2) is 10.7. The smallest absolute Gasteiger partial charge is 0.276 e. The molecule has 1 aromatic heterocycles. The lowest BCUT2D eigenvalue weighted by Crippen LogP contribution is -2.43. The minimum atomic E-state index is -0.612. The largest absolute Gasteiger partial charge is 0.378 e. The molecule has 2 fully saturated rings. The lowest BCUT2D eigenvalue weighted by atomic mass is 10.1. The van der Waals surface area contributed by atoms with Gasteiger partial charge in [0.05, 0.1) is 17.4 Å². The maximum atomic E-state index is 15.1. The van der Waals surface area contributed by atoms with E-state index in [1.807, 2.05) is 52.7 Å². The van der Waals surface area contributed by atoms with Crippen molar-refractivity contribution in [1.82, 2.24) is 15.3 Å². The first-order chi connectivity index (χ1) is 16.9.